The zero-order valence-corrected chi connectivity index (χ0v) is 30.2. The van der Waals surface area contributed by atoms with E-state index < -0.39 is 0 Å². The second kappa shape index (κ2) is 12.8. The van der Waals surface area contributed by atoms with Gasteiger partial charge in [0.1, 0.15) is 22.7 Å². The molecule has 0 unspecified atom stereocenters. The van der Waals surface area contributed by atoms with Crippen molar-refractivity contribution in [1.82, 2.24) is 14.5 Å². The van der Waals surface area contributed by atoms with Gasteiger partial charge in [-0.1, -0.05) is 116 Å². The first-order valence-electron chi connectivity index (χ1n) is 16.7. The number of hydrogen-bond donors (Lipinski definition) is 1. The van der Waals surface area contributed by atoms with Crippen LogP contribution in [0.3, 0.4) is 0 Å². The van der Waals surface area contributed by atoms with E-state index in [0.29, 0.717) is 11.4 Å². The smallest absolute Gasteiger partial charge is 0.148 e. The normalized spacial score (nSPS) is 11.6. The third kappa shape index (κ3) is 5.46. The number of hydrogen-bond acceptors (Lipinski definition) is 4. The summed E-state index contributed by atoms with van der Waals surface area (Å²) in [6.07, 6.45) is 1.85. The summed E-state index contributed by atoms with van der Waals surface area (Å²) in [5, 5.41) is 13.1. The first kappa shape index (κ1) is 32.4. The van der Waals surface area contributed by atoms with Crippen molar-refractivity contribution in [3.05, 3.63) is 169 Å². The van der Waals surface area contributed by atoms with E-state index in [1.807, 2.05) is 72.9 Å². The fourth-order valence-electron chi connectivity index (χ4n) is 7.07. The molecule has 9 rings (SSSR count). The minimum absolute atomic E-state index is 0. The van der Waals surface area contributed by atoms with Gasteiger partial charge in [0.15, 0.2) is 0 Å². The van der Waals surface area contributed by atoms with Gasteiger partial charge >= 0.3 is 0 Å². The Morgan fingerprint density at radius 3 is 2.16 bits per heavy atom. The Balaban J connectivity index is 0.00000374. The third-order valence-electron chi connectivity index (χ3n) is 9.77. The van der Waals surface area contributed by atoms with Crippen LogP contribution in [0.5, 0.6) is 5.75 Å². The van der Waals surface area contributed by atoms with Gasteiger partial charge in [-0.25, -0.2) is 4.98 Å². The topological polar surface area (TPSA) is 64.1 Å². The first-order chi connectivity index (χ1) is 24.5. The van der Waals surface area contributed by atoms with Crippen LogP contribution in [0.2, 0.25) is 0 Å². The number of para-hydroxylation sites is 4. The van der Waals surface area contributed by atoms with Gasteiger partial charge in [0.25, 0.3) is 0 Å². The van der Waals surface area contributed by atoms with E-state index in [1.165, 1.54) is 5.56 Å². The average molecular weight is 842 g/mol. The quantitative estimate of drug-likeness (QED) is 0.169. The van der Waals surface area contributed by atoms with Crippen LogP contribution in [0.25, 0.3) is 72.4 Å². The molecule has 0 bridgehead atoms. The maximum atomic E-state index is 11.0. The monoisotopic (exact) mass is 841 g/mol. The molecule has 0 aliphatic heterocycles. The van der Waals surface area contributed by atoms with E-state index in [1.54, 1.807) is 6.07 Å². The molecule has 5 nitrogen and oxygen atoms in total. The maximum Gasteiger partial charge on any atom is 0.148 e. The Morgan fingerprint density at radius 2 is 1.35 bits per heavy atom. The van der Waals surface area contributed by atoms with Crippen molar-refractivity contribution in [1.29, 1.82) is 0 Å². The molecule has 0 saturated carbocycles. The Labute approximate surface area is 310 Å². The number of aromatic hydroxyl groups is 1. The predicted octanol–water partition coefficient (Wildman–Crippen LogP) is 11.2. The number of aromatic nitrogens is 3. The molecule has 1 N–H and O–H groups in total. The van der Waals surface area contributed by atoms with Crippen LogP contribution in [0.15, 0.2) is 156 Å². The average Bonchev–Trinajstić information content (AvgIpc) is 3.74. The van der Waals surface area contributed by atoms with Gasteiger partial charge in [0.05, 0.1) is 16.6 Å². The number of fused-ring (bicyclic) bond motifs is 4. The van der Waals surface area contributed by atoms with E-state index in [2.05, 4.69) is 97.3 Å². The second-order valence-electron chi connectivity index (χ2n) is 13.1. The minimum atomic E-state index is -0.347. The summed E-state index contributed by atoms with van der Waals surface area (Å²) < 4.78 is 8.58. The summed E-state index contributed by atoms with van der Waals surface area (Å²) in [6, 6.07) is 52.6. The molecule has 0 aliphatic carbocycles. The summed E-state index contributed by atoms with van der Waals surface area (Å²) in [4.78, 5) is 10.2. The predicted molar refractivity (Wildman–Crippen MR) is 202 cm³/mol. The largest absolute Gasteiger partial charge is 0.507 e. The minimum Gasteiger partial charge on any atom is -0.507 e. The van der Waals surface area contributed by atoms with Gasteiger partial charge in [-0.2, -0.15) is 0 Å². The molecule has 0 aliphatic rings. The van der Waals surface area contributed by atoms with Crippen LogP contribution in [0.4, 0.5) is 0 Å². The van der Waals surface area contributed by atoms with Crippen LogP contribution in [-0.4, -0.2) is 19.6 Å². The number of benzene rings is 6. The molecular formula is C45H32N3O2Pt-. The molecule has 51 heavy (non-hydrogen) atoms. The molecule has 0 atom stereocenters. The molecule has 0 amide bonds. The van der Waals surface area contributed by atoms with Gasteiger partial charge < -0.3 is 9.52 Å². The summed E-state index contributed by atoms with van der Waals surface area (Å²) in [5.74, 6) is 0.832. The van der Waals surface area contributed by atoms with E-state index in [4.69, 9.17) is 14.4 Å². The van der Waals surface area contributed by atoms with E-state index in [-0.39, 0.29) is 32.2 Å². The standard InChI is InChI=1S/C45H32N3O2.Pt/c1-45(2,31-14-5-3-6-15-31)32-27-29(26-30(28-32)41-43-36(24-25-46-41)35-18-10-12-23-40(35)50-43)34-20-13-21-38-42(34)47-44(37-19-9-11-22-39(37)49)48(38)33-16-7-4-8-17-33;/h3-25,27-28,49H,1-2H3;/q-1;. The molecule has 3 aromatic heterocycles. The number of furan rings is 1. The zero-order valence-electron chi connectivity index (χ0n) is 27.9. The Bertz CT molecular complexity index is 2700. The Kier molecular flexibility index (Phi) is 8.17. The summed E-state index contributed by atoms with van der Waals surface area (Å²) >= 11 is 0. The molecular weight excluding hydrogens is 810 g/mol. The van der Waals surface area contributed by atoms with E-state index in [0.717, 1.165) is 66.6 Å². The summed E-state index contributed by atoms with van der Waals surface area (Å²) in [7, 11) is 0. The molecule has 9 aromatic rings. The molecule has 3 heterocycles. The Hall–Kier alpha value is -5.77. The zero-order chi connectivity index (χ0) is 33.8. The third-order valence-corrected chi connectivity index (χ3v) is 9.77. The first-order valence-corrected chi connectivity index (χ1v) is 16.7. The van der Waals surface area contributed by atoms with Gasteiger partial charge in [0.2, 0.25) is 0 Å². The van der Waals surface area contributed by atoms with Gasteiger partial charge in [0, 0.05) is 54.8 Å². The molecule has 6 heteroatoms. The number of phenolic OH excluding ortho intramolecular Hbond substituents is 1. The van der Waals surface area contributed by atoms with Crippen molar-refractivity contribution >= 4 is 33.0 Å². The molecule has 0 radical (unpaired) electrons. The van der Waals surface area contributed by atoms with Crippen LogP contribution in [0, 0.1) is 6.07 Å². The van der Waals surface area contributed by atoms with Gasteiger partial charge in [-0.3, -0.25) is 9.55 Å². The van der Waals surface area contributed by atoms with Crippen molar-refractivity contribution in [2.75, 3.05) is 0 Å². The van der Waals surface area contributed by atoms with Crippen molar-refractivity contribution < 1.29 is 30.6 Å². The number of rotatable bonds is 6. The number of nitrogens with zero attached hydrogens (tertiary/aromatic N) is 3. The molecule has 0 spiro atoms. The van der Waals surface area contributed by atoms with E-state index in [9.17, 15) is 5.11 Å². The van der Waals surface area contributed by atoms with Gasteiger partial charge in [-0.15, -0.1) is 29.3 Å². The van der Waals surface area contributed by atoms with Crippen molar-refractivity contribution in [3.8, 4) is 45.2 Å². The fraction of sp³-hybridized carbons (Fsp3) is 0.0667. The van der Waals surface area contributed by atoms with E-state index >= 15 is 0 Å². The molecule has 0 saturated heterocycles. The fourth-order valence-corrected chi connectivity index (χ4v) is 7.07. The molecule has 6 aromatic carbocycles. The molecule has 0 fully saturated rings. The number of pyridine rings is 1. The summed E-state index contributed by atoms with van der Waals surface area (Å²) in [5.41, 5.74) is 10.3. The van der Waals surface area contributed by atoms with Crippen molar-refractivity contribution in [2.45, 2.75) is 19.3 Å². The SMILES string of the molecule is CC(C)(c1ccccc1)c1cc(-c2cccc3c2nc(-c2ccccc2O)n3-c2ccccc2)[c-]c(-c2nccc3c2oc2ccccc23)c1.[Pt]. The van der Waals surface area contributed by atoms with Crippen LogP contribution in [0.1, 0.15) is 25.0 Å². The Morgan fingerprint density at radius 1 is 0.667 bits per heavy atom. The number of imidazole rings is 1. The second-order valence-corrected chi connectivity index (χ2v) is 13.1. The van der Waals surface area contributed by atoms with Crippen molar-refractivity contribution in [3.63, 3.8) is 0 Å². The maximum absolute atomic E-state index is 11.0. The van der Waals surface area contributed by atoms with Crippen LogP contribution in [-0.2, 0) is 26.5 Å². The number of phenols is 1. The summed E-state index contributed by atoms with van der Waals surface area (Å²) in [6.45, 7) is 4.50. The van der Waals surface area contributed by atoms with Crippen molar-refractivity contribution in [2.24, 2.45) is 0 Å². The van der Waals surface area contributed by atoms with Gasteiger partial charge in [-0.05, 0) is 48.0 Å². The van der Waals surface area contributed by atoms with Crippen LogP contribution >= 0.6 is 0 Å². The molecule has 250 valence electrons. The van der Waals surface area contributed by atoms with Crippen LogP contribution < -0.4 is 0 Å².